The third-order valence-corrected chi connectivity index (χ3v) is 6.75. The molecule has 8 heteroatoms. The Balaban J connectivity index is 1.74. The van der Waals surface area contributed by atoms with Crippen molar-refractivity contribution in [3.05, 3.63) is 71.6 Å². The van der Waals surface area contributed by atoms with Gasteiger partial charge in [0.2, 0.25) is 0 Å². The van der Waals surface area contributed by atoms with E-state index < -0.39 is 10.0 Å². The summed E-state index contributed by atoms with van der Waals surface area (Å²) in [6.07, 6.45) is 3.69. The summed E-state index contributed by atoms with van der Waals surface area (Å²) >= 11 is 0. The van der Waals surface area contributed by atoms with Crippen molar-refractivity contribution in [1.82, 2.24) is 5.16 Å². The molecule has 0 saturated heterocycles. The third-order valence-electron chi connectivity index (χ3n) is 4.71. The van der Waals surface area contributed by atoms with Crippen LogP contribution in [0.25, 0.3) is 6.08 Å². The van der Waals surface area contributed by atoms with Gasteiger partial charge in [0.1, 0.15) is 18.9 Å². The van der Waals surface area contributed by atoms with Gasteiger partial charge in [0.15, 0.2) is 22.2 Å². The first-order chi connectivity index (χ1) is 14.5. The molecule has 0 saturated carbocycles. The molecule has 0 unspecified atom stereocenters. The Morgan fingerprint density at radius 3 is 2.47 bits per heavy atom. The fourth-order valence-corrected chi connectivity index (χ4v) is 5.04. The van der Waals surface area contributed by atoms with Gasteiger partial charge in [0, 0.05) is 6.07 Å². The first-order valence-corrected chi connectivity index (χ1v) is 11.0. The SMILES string of the molecule is Cc1noc(C)c1S(=O)(=O)N(CC=Cc1ccccc1)c1ccc2c(c1)OCCO2. The van der Waals surface area contributed by atoms with E-state index in [4.69, 9.17) is 14.0 Å². The number of ether oxygens (including phenoxy) is 2. The summed E-state index contributed by atoms with van der Waals surface area (Å²) in [7, 11) is -3.92. The zero-order valence-corrected chi connectivity index (χ0v) is 17.6. The van der Waals surface area contributed by atoms with E-state index in [1.807, 2.05) is 42.5 Å². The van der Waals surface area contributed by atoms with Crippen LogP contribution in [0.5, 0.6) is 11.5 Å². The van der Waals surface area contributed by atoms with Crippen molar-refractivity contribution >= 4 is 21.8 Å². The molecule has 1 aromatic heterocycles. The van der Waals surface area contributed by atoms with E-state index in [0.717, 1.165) is 5.56 Å². The monoisotopic (exact) mass is 426 g/mol. The fourth-order valence-electron chi connectivity index (χ4n) is 3.33. The molecule has 0 N–H and O–H groups in total. The minimum Gasteiger partial charge on any atom is -0.486 e. The van der Waals surface area contributed by atoms with Crippen molar-refractivity contribution in [1.29, 1.82) is 0 Å². The van der Waals surface area contributed by atoms with E-state index >= 15 is 0 Å². The molecule has 4 rings (SSSR count). The predicted octanol–water partition coefficient (Wildman–Crippen LogP) is 3.97. The highest BCUT2D eigenvalue weighted by Crippen LogP contribution is 2.36. The molecule has 3 aromatic rings. The summed E-state index contributed by atoms with van der Waals surface area (Å²) in [6, 6.07) is 14.8. The number of rotatable bonds is 6. The van der Waals surface area contributed by atoms with Crippen molar-refractivity contribution in [2.75, 3.05) is 24.1 Å². The van der Waals surface area contributed by atoms with Crippen LogP contribution in [0.1, 0.15) is 17.0 Å². The molecule has 2 heterocycles. The van der Waals surface area contributed by atoms with Crippen molar-refractivity contribution < 1.29 is 22.4 Å². The largest absolute Gasteiger partial charge is 0.486 e. The normalized spacial score (nSPS) is 13.5. The molecule has 0 radical (unpaired) electrons. The average molecular weight is 426 g/mol. The molecule has 0 spiro atoms. The van der Waals surface area contributed by atoms with E-state index in [1.54, 1.807) is 32.0 Å². The maximum absolute atomic E-state index is 13.6. The number of hydrogen-bond donors (Lipinski definition) is 0. The van der Waals surface area contributed by atoms with Crippen molar-refractivity contribution in [2.45, 2.75) is 18.7 Å². The van der Waals surface area contributed by atoms with Gasteiger partial charge in [-0.3, -0.25) is 4.31 Å². The van der Waals surface area contributed by atoms with Gasteiger partial charge < -0.3 is 14.0 Å². The van der Waals surface area contributed by atoms with E-state index in [0.29, 0.717) is 36.1 Å². The van der Waals surface area contributed by atoms with Crippen LogP contribution in [0, 0.1) is 13.8 Å². The fraction of sp³-hybridized carbons (Fsp3) is 0.227. The summed E-state index contributed by atoms with van der Waals surface area (Å²) in [6.45, 7) is 4.22. The topological polar surface area (TPSA) is 81.9 Å². The summed E-state index contributed by atoms with van der Waals surface area (Å²) in [5.41, 5.74) is 1.77. The molecule has 0 fully saturated rings. The molecule has 1 aliphatic heterocycles. The molecule has 156 valence electrons. The van der Waals surface area contributed by atoms with Crippen molar-refractivity contribution in [3.8, 4) is 11.5 Å². The maximum Gasteiger partial charge on any atom is 0.270 e. The number of sulfonamides is 1. The van der Waals surface area contributed by atoms with Gasteiger partial charge in [-0.2, -0.15) is 0 Å². The van der Waals surface area contributed by atoms with Crippen LogP contribution in [-0.4, -0.2) is 33.3 Å². The molecular weight excluding hydrogens is 404 g/mol. The summed E-state index contributed by atoms with van der Waals surface area (Å²) in [4.78, 5) is 0.0745. The number of anilines is 1. The lowest BCUT2D eigenvalue weighted by Gasteiger charge is -2.25. The standard InChI is InChI=1S/C22H22N2O5S/c1-16-22(17(2)29-23-16)30(25,26)24(12-6-9-18-7-4-3-5-8-18)19-10-11-20-21(15-19)28-14-13-27-20/h3-11,15H,12-14H2,1-2H3. The summed E-state index contributed by atoms with van der Waals surface area (Å²) < 4.78 is 44.8. The number of hydrogen-bond acceptors (Lipinski definition) is 6. The van der Waals surface area contributed by atoms with Crippen LogP contribution < -0.4 is 13.8 Å². The second-order valence-corrected chi connectivity index (χ2v) is 8.63. The predicted molar refractivity (Wildman–Crippen MR) is 113 cm³/mol. The second kappa shape index (κ2) is 8.23. The van der Waals surface area contributed by atoms with Gasteiger partial charge in [-0.25, -0.2) is 8.42 Å². The first-order valence-electron chi connectivity index (χ1n) is 9.53. The van der Waals surface area contributed by atoms with Crippen LogP contribution in [0.3, 0.4) is 0 Å². The Morgan fingerprint density at radius 1 is 1.03 bits per heavy atom. The molecule has 30 heavy (non-hydrogen) atoms. The summed E-state index contributed by atoms with van der Waals surface area (Å²) in [5, 5.41) is 3.81. The van der Waals surface area contributed by atoms with Gasteiger partial charge in [-0.15, -0.1) is 0 Å². The van der Waals surface area contributed by atoms with Crippen molar-refractivity contribution in [3.63, 3.8) is 0 Å². The van der Waals surface area contributed by atoms with Crippen LogP contribution in [0.4, 0.5) is 5.69 Å². The zero-order valence-electron chi connectivity index (χ0n) is 16.7. The van der Waals surface area contributed by atoms with Crippen LogP contribution >= 0.6 is 0 Å². The van der Waals surface area contributed by atoms with E-state index in [2.05, 4.69) is 5.16 Å². The highest BCUT2D eigenvalue weighted by Gasteiger charge is 2.31. The Morgan fingerprint density at radius 2 is 1.77 bits per heavy atom. The maximum atomic E-state index is 13.6. The molecule has 0 bridgehead atoms. The Bertz CT molecular complexity index is 1150. The van der Waals surface area contributed by atoms with Gasteiger partial charge >= 0.3 is 0 Å². The third kappa shape index (κ3) is 3.91. The Hall–Kier alpha value is -3.26. The highest BCUT2D eigenvalue weighted by atomic mass is 32.2. The number of aromatic nitrogens is 1. The minimum absolute atomic E-state index is 0.0745. The lowest BCUT2D eigenvalue weighted by atomic mass is 10.2. The number of fused-ring (bicyclic) bond motifs is 1. The zero-order chi connectivity index (χ0) is 21.1. The average Bonchev–Trinajstić information content (AvgIpc) is 3.10. The minimum atomic E-state index is -3.92. The summed E-state index contributed by atoms with van der Waals surface area (Å²) in [5.74, 6) is 1.37. The molecule has 1 aliphatic rings. The smallest absolute Gasteiger partial charge is 0.270 e. The lowest BCUT2D eigenvalue weighted by Crippen LogP contribution is -2.32. The van der Waals surface area contributed by atoms with Crippen LogP contribution in [0.15, 0.2) is 64.0 Å². The van der Waals surface area contributed by atoms with Gasteiger partial charge in [0.25, 0.3) is 10.0 Å². The second-order valence-electron chi connectivity index (χ2n) is 6.83. The van der Waals surface area contributed by atoms with Gasteiger partial charge in [-0.05, 0) is 31.5 Å². The van der Waals surface area contributed by atoms with E-state index in [-0.39, 0.29) is 17.2 Å². The Labute approximate surface area is 175 Å². The van der Waals surface area contributed by atoms with Gasteiger partial charge in [-0.1, -0.05) is 47.6 Å². The molecule has 7 nitrogen and oxygen atoms in total. The highest BCUT2D eigenvalue weighted by molar-refractivity contribution is 7.93. The quantitative estimate of drug-likeness (QED) is 0.593. The molecule has 0 aliphatic carbocycles. The van der Waals surface area contributed by atoms with E-state index in [9.17, 15) is 8.42 Å². The number of benzene rings is 2. The molecule has 0 atom stereocenters. The van der Waals surface area contributed by atoms with Crippen LogP contribution in [0.2, 0.25) is 0 Å². The number of aryl methyl sites for hydroxylation is 2. The Kier molecular flexibility index (Phi) is 5.50. The first kappa shape index (κ1) is 20.0. The van der Waals surface area contributed by atoms with E-state index in [1.165, 1.54) is 4.31 Å². The van der Waals surface area contributed by atoms with Gasteiger partial charge in [0.05, 0.1) is 12.2 Å². The molecular formula is C22H22N2O5S. The van der Waals surface area contributed by atoms with Crippen LogP contribution in [-0.2, 0) is 10.0 Å². The lowest BCUT2D eigenvalue weighted by molar-refractivity contribution is 0.171. The molecule has 2 aromatic carbocycles. The van der Waals surface area contributed by atoms with Crippen molar-refractivity contribution in [2.24, 2.45) is 0 Å². The number of nitrogens with zero attached hydrogens (tertiary/aromatic N) is 2. The molecule has 0 amide bonds.